The van der Waals surface area contributed by atoms with Crippen molar-refractivity contribution in [2.45, 2.75) is 0 Å². The molecule has 0 fully saturated rings. The van der Waals surface area contributed by atoms with E-state index in [1.54, 1.807) is 0 Å². The molecule has 0 radical (unpaired) electrons. The highest BCUT2D eigenvalue weighted by atomic mass is 35.5. The molecular weight excluding hydrogens is 174 g/mol. The Balaban J connectivity index is -0.0000000183. The third-order valence-electron chi connectivity index (χ3n) is 0. The van der Waals surface area contributed by atoms with E-state index in [-0.39, 0.29) is 24.8 Å². The van der Waals surface area contributed by atoms with Crippen molar-refractivity contribution in [3.63, 3.8) is 0 Å². The number of hydrogen-bond acceptors (Lipinski definition) is 1. The van der Waals surface area contributed by atoms with Crippen molar-refractivity contribution in [1.29, 1.82) is 0 Å². The molecule has 6 heteroatoms. The van der Waals surface area contributed by atoms with E-state index in [1.807, 2.05) is 0 Å². The molecule has 0 unspecified atom stereocenters. The minimum absolute atomic E-state index is 0. The van der Waals surface area contributed by atoms with Crippen molar-refractivity contribution in [2.24, 2.45) is 0 Å². The summed E-state index contributed by atoms with van der Waals surface area (Å²) >= 11 is 0. The highest BCUT2D eigenvalue weighted by molar-refractivity contribution is 7.30. The first kappa shape index (κ1) is 23.9. The van der Waals surface area contributed by atoms with Gasteiger partial charge in [-0.1, -0.05) is 0 Å². The molecule has 52 valence electrons. The van der Waals surface area contributed by atoms with E-state index in [9.17, 15) is 0 Å². The van der Waals surface area contributed by atoms with E-state index in [0.717, 1.165) is 0 Å². The van der Waals surface area contributed by atoms with Crippen molar-refractivity contribution in [1.82, 2.24) is 0 Å². The minimum Gasteiger partial charge on any atom is -0.147 e. The highest BCUT2D eigenvalue weighted by Crippen LogP contribution is 1.98. The van der Waals surface area contributed by atoms with Gasteiger partial charge in [-0.25, -0.2) is 0 Å². The lowest BCUT2D eigenvalue weighted by molar-refractivity contribution is 0.405. The van der Waals surface area contributed by atoms with Crippen LogP contribution < -0.4 is 0 Å². The molecule has 0 heterocycles. The number of halogens is 2. The average molecular weight is 182 g/mol. The quantitative estimate of drug-likeness (QED) is 0.438. The van der Waals surface area contributed by atoms with E-state index >= 15 is 0 Å². The summed E-state index contributed by atoms with van der Waals surface area (Å²) in [5.74, 6) is 0. The third-order valence-corrected chi connectivity index (χ3v) is 0. The molecule has 0 aliphatic carbocycles. The van der Waals surface area contributed by atoms with Gasteiger partial charge in [0, 0.05) is 4.57 Å². The van der Waals surface area contributed by atoms with Gasteiger partial charge in [-0.05, 0) is 0 Å². The number of rotatable bonds is 0. The molecule has 0 aliphatic heterocycles. The van der Waals surface area contributed by atoms with E-state index in [1.165, 1.54) is 0 Å². The summed E-state index contributed by atoms with van der Waals surface area (Å²) in [5.41, 5.74) is 0. The van der Waals surface area contributed by atoms with Gasteiger partial charge in [-0.2, -0.15) is 0 Å². The van der Waals surface area contributed by atoms with Crippen molar-refractivity contribution in [3.05, 3.63) is 13.2 Å². The maximum Gasteiger partial charge on any atom is 0.692 e. The molecule has 3 nitrogen and oxygen atoms in total. The first-order chi connectivity index (χ1) is 2.73. The van der Waals surface area contributed by atoms with Crippen LogP contribution in [0.5, 0.6) is 0 Å². The van der Waals surface area contributed by atoms with Gasteiger partial charge in [0.2, 0.25) is 0 Å². The largest absolute Gasteiger partial charge is 0.692 e. The highest BCUT2D eigenvalue weighted by Gasteiger charge is 1.93. The van der Waals surface area contributed by atoms with Crippen LogP contribution in [0.1, 0.15) is 0 Å². The van der Waals surface area contributed by atoms with Gasteiger partial charge < -0.3 is 0 Å². The van der Waals surface area contributed by atoms with Gasteiger partial charge in [0.1, 0.15) is 0 Å². The average Bonchev–Trinajstić information content (AvgIpc) is 1.41. The van der Waals surface area contributed by atoms with Gasteiger partial charge >= 0.3 is 8.25 Å². The van der Waals surface area contributed by atoms with Crippen LogP contribution in [-0.2, 0) is 4.57 Å². The van der Waals surface area contributed by atoms with Crippen molar-refractivity contribution in [3.8, 4) is 0 Å². The molecule has 2 N–H and O–H groups in total. The molecule has 0 rings (SSSR count). The summed E-state index contributed by atoms with van der Waals surface area (Å²) in [7, 11) is -2.87. The van der Waals surface area contributed by atoms with Crippen LogP contribution in [0.25, 0.3) is 0 Å². The Morgan fingerprint density at radius 3 is 1.12 bits per heavy atom. The van der Waals surface area contributed by atoms with Crippen LogP contribution >= 0.6 is 33.1 Å². The first-order valence-electron chi connectivity index (χ1n) is 1.08. The van der Waals surface area contributed by atoms with E-state index in [0.29, 0.717) is 0 Å². The summed E-state index contributed by atoms with van der Waals surface area (Å²) in [6.45, 7) is 6.00. The summed E-state index contributed by atoms with van der Waals surface area (Å²) in [6.07, 6.45) is 0. The van der Waals surface area contributed by atoms with Gasteiger partial charge in [-0.3, -0.25) is 0 Å². The molecule has 0 aromatic rings. The first-order valence-corrected chi connectivity index (χ1v) is 2.25. The molecule has 0 spiro atoms. The predicted octanol–water partition coefficient (Wildman–Crippen LogP) is 1.27. The fourth-order valence-electron chi connectivity index (χ4n) is 0. The van der Waals surface area contributed by atoms with Gasteiger partial charge in [0.15, 0.2) is 0 Å². The molecule has 0 aromatic carbocycles. The Morgan fingerprint density at radius 1 is 1.12 bits per heavy atom. The van der Waals surface area contributed by atoms with Gasteiger partial charge in [0.25, 0.3) is 0 Å². The summed E-state index contributed by atoms with van der Waals surface area (Å²) in [4.78, 5) is 14.2. The van der Waals surface area contributed by atoms with E-state index < -0.39 is 8.25 Å². The molecule has 0 bridgehead atoms. The molecular formula is C2H8Cl2O3P+. The van der Waals surface area contributed by atoms with Gasteiger partial charge in [-0.15, -0.1) is 47.8 Å². The molecule has 0 saturated heterocycles. The molecule has 0 amide bonds. The smallest absolute Gasteiger partial charge is 0.147 e. The summed E-state index contributed by atoms with van der Waals surface area (Å²) < 4.78 is 8.70. The van der Waals surface area contributed by atoms with Gasteiger partial charge in [0.05, 0.1) is 0 Å². The second-order valence-corrected chi connectivity index (χ2v) is 0.758. The van der Waals surface area contributed by atoms with Crippen LogP contribution in [0.3, 0.4) is 0 Å². The zero-order chi connectivity index (χ0) is 5.58. The molecule has 0 aromatic heterocycles. The Kier molecular flexibility index (Phi) is 78.9. The zero-order valence-corrected chi connectivity index (χ0v) is 6.51. The monoisotopic (exact) mass is 181 g/mol. The Labute approximate surface area is 61.2 Å². The topological polar surface area (TPSA) is 57.5 Å². The predicted molar refractivity (Wildman–Crippen MR) is 37.8 cm³/mol. The molecule has 0 saturated carbocycles. The van der Waals surface area contributed by atoms with Crippen molar-refractivity contribution < 1.29 is 14.4 Å². The third kappa shape index (κ3) is 1560. The van der Waals surface area contributed by atoms with Crippen LogP contribution in [0, 0.1) is 0 Å². The molecule has 0 aliphatic rings. The van der Waals surface area contributed by atoms with Crippen LogP contribution in [0.15, 0.2) is 13.2 Å². The van der Waals surface area contributed by atoms with Crippen LogP contribution in [0.2, 0.25) is 0 Å². The van der Waals surface area contributed by atoms with Crippen molar-refractivity contribution >= 4 is 33.1 Å². The SMILES string of the molecule is C=C.Cl.Cl.O=[P+](O)O. The maximum atomic E-state index is 8.70. The fraction of sp³-hybridized carbons (Fsp3) is 0. The summed E-state index contributed by atoms with van der Waals surface area (Å²) in [6, 6.07) is 0. The standard InChI is InChI=1S/C2H4.2ClH.HO3P/c1-2;;;1-4(2)3/h1-2H2;2*1H;(H-,1,2,3)/p+1. The van der Waals surface area contributed by atoms with E-state index in [4.69, 9.17) is 14.4 Å². The number of hydrogen-bond donors (Lipinski definition) is 2. The lowest BCUT2D eigenvalue weighted by atomic mass is 11.3. The minimum atomic E-state index is -2.87. The van der Waals surface area contributed by atoms with Crippen molar-refractivity contribution in [2.75, 3.05) is 0 Å². The lowest BCUT2D eigenvalue weighted by Crippen LogP contribution is -1.38. The maximum absolute atomic E-state index is 8.70. The fourth-order valence-corrected chi connectivity index (χ4v) is 0. The van der Waals surface area contributed by atoms with Crippen LogP contribution in [-0.4, -0.2) is 9.79 Å². The molecule has 8 heavy (non-hydrogen) atoms. The Hall–Kier alpha value is 0.340. The normalized spacial score (nSPS) is 3.75. The molecule has 0 atom stereocenters. The Bertz CT molecular complexity index is 46.5. The second kappa shape index (κ2) is 26.4. The van der Waals surface area contributed by atoms with Crippen LogP contribution in [0.4, 0.5) is 0 Å². The Morgan fingerprint density at radius 2 is 1.12 bits per heavy atom. The second-order valence-electron chi connectivity index (χ2n) is 0.253. The zero-order valence-electron chi connectivity index (χ0n) is 3.98. The summed E-state index contributed by atoms with van der Waals surface area (Å²) in [5, 5.41) is 0. The lowest BCUT2D eigenvalue weighted by Gasteiger charge is -1.34. The van der Waals surface area contributed by atoms with E-state index in [2.05, 4.69) is 13.2 Å².